The first-order valence-corrected chi connectivity index (χ1v) is 4.59. The molecule has 1 aromatic heterocycles. The van der Waals surface area contributed by atoms with Gasteiger partial charge in [-0.25, -0.2) is 4.39 Å². The average molecular weight is 220 g/mol. The Morgan fingerprint density at radius 1 is 1.38 bits per heavy atom. The molecule has 0 spiro atoms. The van der Waals surface area contributed by atoms with Crippen LogP contribution in [0.25, 0.3) is 11.3 Å². The Kier molecular flexibility index (Phi) is 2.68. The topological polar surface area (TPSA) is 55.0 Å². The van der Waals surface area contributed by atoms with Crippen LogP contribution in [-0.4, -0.2) is 17.1 Å². The molecule has 2 rings (SSSR count). The van der Waals surface area contributed by atoms with Gasteiger partial charge < -0.3 is 9.72 Å². The van der Waals surface area contributed by atoms with Crippen molar-refractivity contribution < 1.29 is 9.13 Å². The van der Waals surface area contributed by atoms with Crippen molar-refractivity contribution in [1.29, 1.82) is 0 Å². The number of rotatable bonds is 2. The number of halogens is 1. The van der Waals surface area contributed by atoms with E-state index in [4.69, 9.17) is 4.74 Å². The molecule has 0 bridgehead atoms. The molecule has 0 atom stereocenters. The summed E-state index contributed by atoms with van der Waals surface area (Å²) in [7, 11) is 1.48. The molecule has 0 saturated heterocycles. The Bertz CT molecular complexity index is 566. The van der Waals surface area contributed by atoms with Crippen molar-refractivity contribution in [3.8, 4) is 17.0 Å². The summed E-state index contributed by atoms with van der Waals surface area (Å²) in [6.45, 7) is 0. The van der Waals surface area contributed by atoms with E-state index in [-0.39, 0.29) is 5.56 Å². The minimum atomic E-state index is -0.402. The molecule has 82 valence electrons. The highest BCUT2D eigenvalue weighted by molar-refractivity contribution is 5.66. The minimum absolute atomic E-state index is 0.344. The van der Waals surface area contributed by atoms with Gasteiger partial charge in [-0.3, -0.25) is 9.78 Å². The van der Waals surface area contributed by atoms with Crippen molar-refractivity contribution in [3.05, 3.63) is 46.8 Å². The van der Waals surface area contributed by atoms with Crippen LogP contribution in [0.4, 0.5) is 4.39 Å². The Morgan fingerprint density at radius 2 is 2.19 bits per heavy atom. The van der Waals surface area contributed by atoms with Crippen LogP contribution >= 0.6 is 0 Å². The Morgan fingerprint density at radius 3 is 2.88 bits per heavy atom. The quantitative estimate of drug-likeness (QED) is 0.836. The molecular weight excluding hydrogens is 211 g/mol. The fraction of sp³-hybridized carbons (Fsp3) is 0.0909. The maximum atomic E-state index is 13.1. The van der Waals surface area contributed by atoms with Crippen LogP contribution in [0.15, 0.2) is 35.4 Å². The number of nitrogens with zero attached hydrogens (tertiary/aromatic N) is 1. The number of H-pyrrole nitrogens is 1. The fourth-order valence-electron chi connectivity index (χ4n) is 1.40. The molecular formula is C11H9FN2O2. The predicted molar refractivity (Wildman–Crippen MR) is 56.8 cm³/mol. The Labute approximate surface area is 90.7 Å². The maximum absolute atomic E-state index is 13.1. The monoisotopic (exact) mass is 220 g/mol. The van der Waals surface area contributed by atoms with Gasteiger partial charge in [0.25, 0.3) is 5.56 Å². The Hall–Kier alpha value is -2.17. The van der Waals surface area contributed by atoms with Crippen molar-refractivity contribution in [2.75, 3.05) is 7.11 Å². The van der Waals surface area contributed by atoms with E-state index in [0.717, 1.165) is 6.20 Å². The molecule has 0 saturated carbocycles. The van der Waals surface area contributed by atoms with Crippen molar-refractivity contribution in [3.63, 3.8) is 0 Å². The van der Waals surface area contributed by atoms with E-state index in [9.17, 15) is 9.18 Å². The van der Waals surface area contributed by atoms with Gasteiger partial charge in [-0.15, -0.1) is 0 Å². The number of methoxy groups -OCH3 is 1. The number of aromatic nitrogens is 2. The largest absolute Gasteiger partial charge is 0.496 e. The van der Waals surface area contributed by atoms with Crippen molar-refractivity contribution >= 4 is 0 Å². The summed E-state index contributed by atoms with van der Waals surface area (Å²) in [5.74, 6) is 0.0746. The number of benzene rings is 1. The first-order valence-electron chi connectivity index (χ1n) is 4.59. The molecule has 1 heterocycles. The van der Waals surface area contributed by atoms with Crippen molar-refractivity contribution in [2.45, 2.75) is 0 Å². The van der Waals surface area contributed by atoms with Crippen LogP contribution in [0.1, 0.15) is 0 Å². The van der Waals surface area contributed by atoms with Crippen LogP contribution < -0.4 is 10.3 Å². The third kappa shape index (κ3) is 1.93. The predicted octanol–water partition coefficient (Wildman–Crippen LogP) is 1.58. The van der Waals surface area contributed by atoms with E-state index in [1.165, 1.54) is 31.5 Å². The fourth-order valence-corrected chi connectivity index (χ4v) is 1.40. The van der Waals surface area contributed by atoms with Gasteiger partial charge in [-0.2, -0.15) is 0 Å². The van der Waals surface area contributed by atoms with E-state index >= 15 is 0 Å². The van der Waals surface area contributed by atoms with Gasteiger partial charge in [0.15, 0.2) is 0 Å². The molecule has 0 unspecified atom stereocenters. The average Bonchev–Trinajstić information content (AvgIpc) is 2.29. The van der Waals surface area contributed by atoms with E-state index in [1.807, 2.05) is 0 Å². The third-order valence-corrected chi connectivity index (χ3v) is 2.10. The van der Waals surface area contributed by atoms with Gasteiger partial charge >= 0.3 is 0 Å². The minimum Gasteiger partial charge on any atom is -0.496 e. The molecule has 4 nitrogen and oxygen atoms in total. The number of hydrogen-bond acceptors (Lipinski definition) is 3. The number of ether oxygens (including phenoxy) is 1. The van der Waals surface area contributed by atoms with E-state index < -0.39 is 5.82 Å². The lowest BCUT2D eigenvalue weighted by atomic mass is 10.1. The van der Waals surface area contributed by atoms with Crippen LogP contribution in [0.5, 0.6) is 5.75 Å². The lowest BCUT2D eigenvalue weighted by molar-refractivity contribution is 0.415. The molecule has 16 heavy (non-hydrogen) atoms. The SMILES string of the molecule is COc1ccc(F)cc1-c1cncc(=O)[nH]1. The zero-order valence-corrected chi connectivity index (χ0v) is 8.53. The summed E-state index contributed by atoms with van der Waals surface area (Å²) in [6.07, 6.45) is 2.59. The van der Waals surface area contributed by atoms with Gasteiger partial charge in [0.1, 0.15) is 11.6 Å². The van der Waals surface area contributed by atoms with Crippen LogP contribution in [0.3, 0.4) is 0 Å². The van der Waals surface area contributed by atoms with Crippen molar-refractivity contribution in [1.82, 2.24) is 9.97 Å². The number of nitrogens with one attached hydrogen (secondary N) is 1. The molecule has 0 amide bonds. The van der Waals surface area contributed by atoms with Gasteiger partial charge in [0.05, 0.1) is 25.2 Å². The normalized spacial score (nSPS) is 10.1. The summed E-state index contributed by atoms with van der Waals surface area (Å²) in [5.41, 5.74) is 0.542. The molecule has 0 fully saturated rings. The summed E-state index contributed by atoms with van der Waals surface area (Å²) in [5, 5.41) is 0. The van der Waals surface area contributed by atoms with Crippen molar-refractivity contribution in [2.24, 2.45) is 0 Å². The summed E-state index contributed by atoms with van der Waals surface area (Å²) >= 11 is 0. The van der Waals surface area contributed by atoms with E-state index in [2.05, 4.69) is 9.97 Å². The first kappa shape index (κ1) is 10.4. The molecule has 2 aromatic rings. The number of aromatic amines is 1. The second kappa shape index (κ2) is 4.14. The zero-order valence-electron chi connectivity index (χ0n) is 8.53. The van der Waals surface area contributed by atoms with Gasteiger partial charge in [-0.05, 0) is 18.2 Å². The molecule has 1 aromatic carbocycles. The molecule has 1 N–H and O–H groups in total. The maximum Gasteiger partial charge on any atom is 0.266 e. The second-order valence-electron chi connectivity index (χ2n) is 3.15. The highest BCUT2D eigenvalue weighted by atomic mass is 19.1. The standard InChI is InChI=1S/C11H9FN2O2/c1-16-10-3-2-7(12)4-8(10)9-5-13-6-11(15)14-9/h2-6H,1H3,(H,14,15). The van der Waals surface area contributed by atoms with E-state index in [1.54, 1.807) is 0 Å². The highest BCUT2D eigenvalue weighted by Crippen LogP contribution is 2.27. The van der Waals surface area contributed by atoms with Crippen LogP contribution in [-0.2, 0) is 0 Å². The van der Waals surface area contributed by atoms with E-state index in [0.29, 0.717) is 17.0 Å². The van der Waals surface area contributed by atoms with Gasteiger partial charge in [0, 0.05) is 5.56 Å². The zero-order chi connectivity index (χ0) is 11.5. The lowest BCUT2D eigenvalue weighted by Gasteiger charge is -2.07. The molecule has 0 aliphatic rings. The van der Waals surface area contributed by atoms with Gasteiger partial charge in [-0.1, -0.05) is 0 Å². The molecule has 0 radical (unpaired) electrons. The summed E-state index contributed by atoms with van der Waals surface area (Å²) in [6, 6.07) is 4.07. The van der Waals surface area contributed by atoms with Crippen LogP contribution in [0, 0.1) is 5.82 Å². The summed E-state index contributed by atoms with van der Waals surface area (Å²) in [4.78, 5) is 17.4. The van der Waals surface area contributed by atoms with Crippen LogP contribution in [0.2, 0.25) is 0 Å². The number of hydrogen-bond donors (Lipinski definition) is 1. The molecule has 5 heteroatoms. The highest BCUT2D eigenvalue weighted by Gasteiger charge is 2.08. The van der Waals surface area contributed by atoms with Gasteiger partial charge in [0.2, 0.25) is 0 Å². The third-order valence-electron chi connectivity index (χ3n) is 2.10. The molecule has 0 aliphatic carbocycles. The smallest absolute Gasteiger partial charge is 0.266 e. The first-order chi connectivity index (χ1) is 7.70. The summed E-state index contributed by atoms with van der Waals surface area (Å²) < 4.78 is 18.2. The lowest BCUT2D eigenvalue weighted by Crippen LogP contribution is -2.06. The Balaban J connectivity index is 2.62. The second-order valence-corrected chi connectivity index (χ2v) is 3.15. The molecule has 0 aliphatic heterocycles.